The number of anilines is 1. The van der Waals surface area contributed by atoms with Gasteiger partial charge < -0.3 is 15.8 Å². The maximum Gasteiger partial charge on any atom is 0.340 e. The number of carbonyl (C=O) groups is 1. The maximum atomic E-state index is 12.8. The number of rotatable bonds is 6. The molecular formula is C15H21Cl2F4N3O2. The van der Waals surface area contributed by atoms with Gasteiger partial charge in [0.25, 0.3) is 0 Å². The summed E-state index contributed by atoms with van der Waals surface area (Å²) in [6.45, 7) is -1.48. The molecule has 1 aromatic heterocycles. The van der Waals surface area contributed by atoms with Gasteiger partial charge in [-0.1, -0.05) is 19.3 Å². The minimum Gasteiger partial charge on any atom is -0.471 e. The lowest BCUT2D eigenvalue weighted by atomic mass is 9.82. The summed E-state index contributed by atoms with van der Waals surface area (Å²) in [5.41, 5.74) is 5.49. The van der Waals surface area contributed by atoms with Crippen molar-refractivity contribution in [3.05, 3.63) is 18.3 Å². The van der Waals surface area contributed by atoms with Crippen LogP contribution in [0.15, 0.2) is 18.3 Å². The van der Waals surface area contributed by atoms with Crippen molar-refractivity contribution >= 4 is 36.4 Å². The minimum atomic E-state index is -4.25. The standard InChI is InChI=1S/C15H19F4N3O2.2ClH/c16-12(17)15(18,19)9-24-11-5-4-10(8-21-11)22-13(23)14(20)6-2-1-3-7-14;;/h4-5,8,12H,1-3,6-7,9,20H2,(H,22,23);2*1H. The predicted molar refractivity (Wildman–Crippen MR) is 93.8 cm³/mol. The third-order valence-corrected chi connectivity index (χ3v) is 3.92. The van der Waals surface area contributed by atoms with Crippen LogP contribution in [0.25, 0.3) is 0 Å². The van der Waals surface area contributed by atoms with E-state index in [1.165, 1.54) is 18.3 Å². The van der Waals surface area contributed by atoms with E-state index in [4.69, 9.17) is 5.73 Å². The molecule has 0 atom stereocenters. The molecule has 1 fully saturated rings. The van der Waals surface area contributed by atoms with Crippen molar-refractivity contribution in [1.82, 2.24) is 4.98 Å². The SMILES string of the molecule is Cl.Cl.NC1(C(=O)Nc2ccc(OCC(F)(F)C(F)F)nc2)CCCCC1. The number of carbonyl (C=O) groups excluding carboxylic acids is 1. The number of hydrogen-bond acceptors (Lipinski definition) is 4. The summed E-state index contributed by atoms with van der Waals surface area (Å²) >= 11 is 0. The van der Waals surface area contributed by atoms with Crippen LogP contribution in [0.4, 0.5) is 23.2 Å². The van der Waals surface area contributed by atoms with Crippen molar-refractivity contribution < 1.29 is 27.1 Å². The fraction of sp³-hybridized carbons (Fsp3) is 0.600. The Balaban J connectivity index is 0.00000312. The van der Waals surface area contributed by atoms with E-state index >= 15 is 0 Å². The lowest BCUT2D eigenvalue weighted by Crippen LogP contribution is -2.52. The molecule has 0 unspecified atom stereocenters. The monoisotopic (exact) mass is 421 g/mol. The average Bonchev–Trinajstić information content (AvgIpc) is 2.55. The van der Waals surface area contributed by atoms with Crippen LogP contribution in [0.3, 0.4) is 0 Å². The van der Waals surface area contributed by atoms with Gasteiger partial charge >= 0.3 is 12.3 Å². The second-order valence-electron chi connectivity index (χ2n) is 5.91. The van der Waals surface area contributed by atoms with Gasteiger partial charge in [-0.05, 0) is 18.9 Å². The van der Waals surface area contributed by atoms with Gasteiger partial charge in [0.05, 0.1) is 17.4 Å². The number of aromatic nitrogens is 1. The van der Waals surface area contributed by atoms with E-state index in [1.54, 1.807) is 0 Å². The van der Waals surface area contributed by atoms with Gasteiger partial charge in [-0.15, -0.1) is 24.8 Å². The molecule has 1 amide bonds. The lowest BCUT2D eigenvalue weighted by molar-refractivity contribution is -0.148. The van der Waals surface area contributed by atoms with Gasteiger partial charge in [-0.3, -0.25) is 4.79 Å². The van der Waals surface area contributed by atoms with Crippen LogP contribution in [0, 0.1) is 0 Å². The molecule has 26 heavy (non-hydrogen) atoms. The van der Waals surface area contributed by atoms with Gasteiger partial charge in [-0.2, -0.15) is 8.78 Å². The number of ether oxygens (including phenoxy) is 1. The Hall–Kier alpha value is -1.32. The molecule has 0 spiro atoms. The molecule has 2 rings (SSSR count). The van der Waals surface area contributed by atoms with E-state index in [9.17, 15) is 22.4 Å². The van der Waals surface area contributed by atoms with E-state index in [-0.39, 0.29) is 36.6 Å². The molecule has 1 aliphatic carbocycles. The van der Waals surface area contributed by atoms with Crippen molar-refractivity contribution in [3.63, 3.8) is 0 Å². The third kappa shape index (κ3) is 6.44. The Morgan fingerprint density at radius 2 is 1.88 bits per heavy atom. The molecule has 3 N–H and O–H groups in total. The summed E-state index contributed by atoms with van der Waals surface area (Å²) in [4.78, 5) is 15.9. The van der Waals surface area contributed by atoms with Gasteiger partial charge in [0.2, 0.25) is 11.8 Å². The molecule has 1 saturated carbocycles. The number of amides is 1. The van der Waals surface area contributed by atoms with Crippen molar-refractivity contribution in [1.29, 1.82) is 0 Å². The fourth-order valence-electron chi connectivity index (χ4n) is 2.44. The van der Waals surface area contributed by atoms with E-state index in [0.717, 1.165) is 19.3 Å². The topological polar surface area (TPSA) is 77.2 Å². The van der Waals surface area contributed by atoms with Crippen molar-refractivity contribution in [3.8, 4) is 5.88 Å². The number of alkyl halides is 4. The largest absolute Gasteiger partial charge is 0.471 e. The Morgan fingerprint density at radius 3 is 2.38 bits per heavy atom. The highest BCUT2D eigenvalue weighted by molar-refractivity contribution is 5.97. The zero-order valence-electron chi connectivity index (χ0n) is 13.7. The quantitative estimate of drug-likeness (QED) is 0.684. The van der Waals surface area contributed by atoms with Gasteiger partial charge in [0, 0.05) is 6.07 Å². The van der Waals surface area contributed by atoms with E-state index in [1.807, 2.05) is 0 Å². The molecule has 1 aliphatic rings. The minimum absolute atomic E-state index is 0. The van der Waals surface area contributed by atoms with Gasteiger partial charge in [-0.25, -0.2) is 13.8 Å². The van der Waals surface area contributed by atoms with Crippen molar-refractivity contribution in [2.75, 3.05) is 11.9 Å². The highest BCUT2D eigenvalue weighted by Gasteiger charge is 2.41. The second kappa shape index (κ2) is 10.1. The van der Waals surface area contributed by atoms with E-state index < -0.39 is 24.5 Å². The summed E-state index contributed by atoms with van der Waals surface area (Å²) in [6, 6.07) is 2.59. The molecule has 1 heterocycles. The number of nitrogens with one attached hydrogen (secondary N) is 1. The molecule has 5 nitrogen and oxygen atoms in total. The average molecular weight is 422 g/mol. The van der Waals surface area contributed by atoms with E-state index in [2.05, 4.69) is 15.0 Å². The van der Waals surface area contributed by atoms with Crippen LogP contribution in [-0.2, 0) is 4.79 Å². The van der Waals surface area contributed by atoms with Crippen LogP contribution in [0.1, 0.15) is 32.1 Å². The number of nitrogens with zero attached hydrogens (tertiary/aromatic N) is 1. The molecular weight excluding hydrogens is 401 g/mol. The number of nitrogens with two attached hydrogens (primary N) is 1. The first kappa shape index (κ1) is 24.7. The van der Waals surface area contributed by atoms with Crippen molar-refractivity contribution in [2.24, 2.45) is 5.73 Å². The molecule has 0 bridgehead atoms. The Bertz CT molecular complexity index is 571. The maximum absolute atomic E-state index is 12.8. The zero-order valence-corrected chi connectivity index (χ0v) is 15.4. The third-order valence-electron chi connectivity index (χ3n) is 3.92. The summed E-state index contributed by atoms with van der Waals surface area (Å²) in [5, 5.41) is 2.62. The number of hydrogen-bond donors (Lipinski definition) is 2. The smallest absolute Gasteiger partial charge is 0.340 e. The Kier molecular flexibility index (Phi) is 9.61. The summed E-state index contributed by atoms with van der Waals surface area (Å²) in [7, 11) is 0. The fourth-order valence-corrected chi connectivity index (χ4v) is 2.44. The van der Waals surface area contributed by atoms with Crippen LogP contribution < -0.4 is 15.8 Å². The van der Waals surface area contributed by atoms with Crippen LogP contribution in [-0.4, -0.2) is 35.4 Å². The highest BCUT2D eigenvalue weighted by Crippen LogP contribution is 2.27. The van der Waals surface area contributed by atoms with Crippen LogP contribution in [0.2, 0.25) is 0 Å². The first-order valence-electron chi connectivity index (χ1n) is 7.58. The number of pyridine rings is 1. The molecule has 0 aliphatic heterocycles. The summed E-state index contributed by atoms with van der Waals surface area (Å²) < 4.78 is 54.1. The second-order valence-corrected chi connectivity index (χ2v) is 5.91. The molecule has 150 valence electrons. The normalized spacial score (nSPS) is 16.2. The zero-order chi connectivity index (χ0) is 17.8. The number of halogens is 6. The van der Waals surface area contributed by atoms with Crippen LogP contribution in [0.5, 0.6) is 5.88 Å². The molecule has 0 radical (unpaired) electrons. The first-order chi connectivity index (χ1) is 11.2. The summed E-state index contributed by atoms with van der Waals surface area (Å²) in [5.74, 6) is -4.82. The summed E-state index contributed by atoms with van der Waals surface area (Å²) in [6.07, 6.45) is 1.38. The lowest BCUT2D eigenvalue weighted by Gasteiger charge is -2.31. The Labute approximate surface area is 160 Å². The first-order valence-corrected chi connectivity index (χ1v) is 7.58. The highest BCUT2D eigenvalue weighted by atomic mass is 35.5. The van der Waals surface area contributed by atoms with Gasteiger partial charge in [0.1, 0.15) is 0 Å². The predicted octanol–water partition coefficient (Wildman–Crippen LogP) is 3.80. The molecule has 1 aromatic rings. The Morgan fingerprint density at radius 1 is 1.27 bits per heavy atom. The molecule has 0 saturated heterocycles. The molecule has 0 aromatic carbocycles. The van der Waals surface area contributed by atoms with Gasteiger partial charge in [0.15, 0.2) is 6.61 Å². The van der Waals surface area contributed by atoms with Crippen LogP contribution >= 0.6 is 24.8 Å². The van der Waals surface area contributed by atoms with Crippen molar-refractivity contribution in [2.45, 2.75) is 50.0 Å². The van der Waals surface area contributed by atoms with E-state index in [0.29, 0.717) is 18.5 Å². The molecule has 11 heteroatoms.